The predicted molar refractivity (Wildman–Crippen MR) is 122 cm³/mol. The zero-order chi connectivity index (χ0) is 20.8. The molecule has 0 spiro atoms. The highest BCUT2D eigenvalue weighted by molar-refractivity contribution is 5.86. The average Bonchev–Trinajstić information content (AvgIpc) is 2.80. The molecule has 4 nitrogen and oxygen atoms in total. The third-order valence-corrected chi connectivity index (χ3v) is 5.99. The van der Waals surface area contributed by atoms with E-state index in [1.54, 1.807) is 7.11 Å². The maximum Gasteiger partial charge on any atom is 0.318 e. The Morgan fingerprint density at radius 2 is 1.67 bits per heavy atom. The third-order valence-electron chi connectivity index (χ3n) is 5.99. The number of amides is 2. The first-order valence-electron chi connectivity index (χ1n) is 10.9. The summed E-state index contributed by atoms with van der Waals surface area (Å²) in [5, 5.41) is 5.69. The molecule has 3 aromatic carbocycles. The van der Waals surface area contributed by atoms with Crippen molar-refractivity contribution in [2.75, 3.05) is 7.11 Å². The smallest absolute Gasteiger partial charge is 0.318 e. The molecule has 0 radical (unpaired) electrons. The van der Waals surface area contributed by atoms with Crippen LogP contribution in [0.4, 0.5) is 4.79 Å². The number of ether oxygens (including phenoxy) is 1. The minimum Gasteiger partial charge on any atom is -0.497 e. The SMILES string of the molecule is COc1ccc(CN(Cc2cccc3ccccc23)C(=O)NC2CCCCC2)cc1. The van der Waals surface area contributed by atoms with Crippen molar-refractivity contribution in [3.8, 4) is 5.75 Å². The van der Waals surface area contributed by atoms with Crippen molar-refractivity contribution in [2.24, 2.45) is 0 Å². The first-order valence-corrected chi connectivity index (χ1v) is 10.9. The number of nitrogens with one attached hydrogen (secondary N) is 1. The van der Waals surface area contributed by atoms with E-state index in [2.05, 4.69) is 47.8 Å². The fourth-order valence-corrected chi connectivity index (χ4v) is 4.30. The van der Waals surface area contributed by atoms with Gasteiger partial charge in [0.05, 0.1) is 7.11 Å². The Hall–Kier alpha value is -3.01. The topological polar surface area (TPSA) is 41.6 Å². The lowest BCUT2D eigenvalue weighted by Gasteiger charge is -2.29. The normalized spacial score (nSPS) is 14.4. The fourth-order valence-electron chi connectivity index (χ4n) is 4.30. The van der Waals surface area contributed by atoms with Crippen molar-refractivity contribution in [1.29, 1.82) is 0 Å². The third kappa shape index (κ3) is 4.93. The number of methoxy groups -OCH3 is 1. The summed E-state index contributed by atoms with van der Waals surface area (Å²) in [6.07, 6.45) is 5.84. The molecule has 3 aromatic rings. The van der Waals surface area contributed by atoms with Crippen LogP contribution in [0.5, 0.6) is 5.75 Å². The van der Waals surface area contributed by atoms with Crippen LogP contribution in [0.1, 0.15) is 43.2 Å². The number of fused-ring (bicyclic) bond motifs is 1. The second-order valence-electron chi connectivity index (χ2n) is 8.13. The van der Waals surface area contributed by atoms with Gasteiger partial charge in [-0.2, -0.15) is 0 Å². The molecule has 1 aliphatic rings. The van der Waals surface area contributed by atoms with Crippen molar-refractivity contribution in [2.45, 2.75) is 51.2 Å². The van der Waals surface area contributed by atoms with Crippen molar-refractivity contribution in [3.05, 3.63) is 77.9 Å². The number of hydrogen-bond acceptors (Lipinski definition) is 2. The van der Waals surface area contributed by atoms with Gasteiger partial charge in [-0.1, -0.05) is 73.9 Å². The van der Waals surface area contributed by atoms with Crippen LogP contribution in [-0.4, -0.2) is 24.1 Å². The summed E-state index contributed by atoms with van der Waals surface area (Å²) in [5.41, 5.74) is 2.26. The van der Waals surface area contributed by atoms with Crippen LogP contribution in [0.3, 0.4) is 0 Å². The molecule has 1 aliphatic carbocycles. The Morgan fingerprint density at radius 3 is 2.43 bits per heavy atom. The van der Waals surface area contributed by atoms with E-state index < -0.39 is 0 Å². The van der Waals surface area contributed by atoms with Gasteiger partial charge in [-0.25, -0.2) is 4.79 Å². The molecule has 0 aromatic heterocycles. The van der Waals surface area contributed by atoms with Crippen LogP contribution in [0, 0.1) is 0 Å². The molecule has 2 amide bonds. The molecule has 1 saturated carbocycles. The summed E-state index contributed by atoms with van der Waals surface area (Å²) in [7, 11) is 1.67. The van der Waals surface area contributed by atoms with Crippen molar-refractivity contribution in [1.82, 2.24) is 10.2 Å². The quantitative estimate of drug-likeness (QED) is 0.558. The van der Waals surface area contributed by atoms with Crippen LogP contribution in [0.15, 0.2) is 66.7 Å². The number of urea groups is 1. The molecular weight excluding hydrogens is 372 g/mol. The molecule has 4 heteroatoms. The molecule has 156 valence electrons. The molecule has 4 rings (SSSR count). The molecule has 1 fully saturated rings. The molecule has 0 bridgehead atoms. The Morgan fingerprint density at radius 1 is 0.933 bits per heavy atom. The minimum absolute atomic E-state index is 0.0191. The summed E-state index contributed by atoms with van der Waals surface area (Å²) in [4.78, 5) is 15.2. The zero-order valence-electron chi connectivity index (χ0n) is 17.6. The van der Waals surface area contributed by atoms with Gasteiger partial charge in [-0.3, -0.25) is 0 Å². The number of carbonyl (C=O) groups is 1. The number of carbonyl (C=O) groups excluding carboxylic acids is 1. The summed E-state index contributed by atoms with van der Waals surface area (Å²) < 4.78 is 5.27. The van der Waals surface area contributed by atoms with Gasteiger partial charge < -0.3 is 15.0 Å². The number of rotatable bonds is 6. The lowest BCUT2D eigenvalue weighted by molar-refractivity contribution is 0.184. The monoisotopic (exact) mass is 402 g/mol. The highest BCUT2D eigenvalue weighted by Crippen LogP contribution is 2.23. The number of hydrogen-bond donors (Lipinski definition) is 1. The molecule has 0 saturated heterocycles. The van der Waals surface area contributed by atoms with Crippen molar-refractivity contribution >= 4 is 16.8 Å². The maximum atomic E-state index is 13.3. The highest BCUT2D eigenvalue weighted by atomic mass is 16.5. The number of benzene rings is 3. The van der Waals surface area contributed by atoms with Gasteiger partial charge in [0.25, 0.3) is 0 Å². The molecule has 30 heavy (non-hydrogen) atoms. The van der Waals surface area contributed by atoms with Crippen LogP contribution < -0.4 is 10.1 Å². The molecule has 0 atom stereocenters. The summed E-state index contributed by atoms with van der Waals surface area (Å²) in [5.74, 6) is 0.825. The Bertz CT molecular complexity index is 972. The average molecular weight is 403 g/mol. The summed E-state index contributed by atoms with van der Waals surface area (Å²) in [6.45, 7) is 1.14. The first-order chi connectivity index (χ1) is 14.7. The van der Waals surface area contributed by atoms with Gasteiger partial charge in [0.15, 0.2) is 0 Å². The molecule has 0 unspecified atom stereocenters. The van der Waals surface area contributed by atoms with E-state index in [0.29, 0.717) is 13.1 Å². The Kier molecular flexibility index (Phi) is 6.53. The van der Waals surface area contributed by atoms with Gasteiger partial charge in [0, 0.05) is 19.1 Å². The molecule has 0 aliphatic heterocycles. The Balaban J connectivity index is 1.57. The summed E-state index contributed by atoms with van der Waals surface area (Å²) >= 11 is 0. The predicted octanol–water partition coefficient (Wildman–Crippen LogP) is 5.89. The van der Waals surface area contributed by atoms with Gasteiger partial charge in [0.1, 0.15) is 5.75 Å². The van der Waals surface area contributed by atoms with Crippen LogP contribution in [0.2, 0.25) is 0 Å². The van der Waals surface area contributed by atoms with E-state index in [9.17, 15) is 4.79 Å². The van der Waals surface area contributed by atoms with E-state index in [-0.39, 0.29) is 12.1 Å². The number of nitrogens with zero attached hydrogens (tertiary/aromatic N) is 1. The highest BCUT2D eigenvalue weighted by Gasteiger charge is 2.21. The van der Waals surface area contributed by atoms with E-state index in [1.807, 2.05) is 29.2 Å². The molecule has 1 N–H and O–H groups in total. The lowest BCUT2D eigenvalue weighted by Crippen LogP contribution is -2.44. The fraction of sp³-hybridized carbons (Fsp3) is 0.346. The van der Waals surface area contributed by atoms with E-state index in [0.717, 1.165) is 24.2 Å². The van der Waals surface area contributed by atoms with Crippen LogP contribution in [0.25, 0.3) is 10.8 Å². The van der Waals surface area contributed by atoms with E-state index in [1.165, 1.54) is 35.6 Å². The van der Waals surface area contributed by atoms with Gasteiger partial charge >= 0.3 is 6.03 Å². The standard InChI is InChI=1S/C26H30N2O2/c1-30-24-16-14-20(15-17-24)18-28(26(29)27-23-11-3-2-4-12-23)19-22-10-7-9-21-8-5-6-13-25(21)22/h5-10,13-17,23H,2-4,11-12,18-19H2,1H3,(H,27,29). The summed E-state index contributed by atoms with van der Waals surface area (Å²) in [6, 6.07) is 22.9. The van der Waals surface area contributed by atoms with Crippen molar-refractivity contribution < 1.29 is 9.53 Å². The van der Waals surface area contributed by atoms with E-state index in [4.69, 9.17) is 4.74 Å². The van der Waals surface area contributed by atoms with E-state index >= 15 is 0 Å². The Labute approximate surface area is 178 Å². The maximum absolute atomic E-state index is 13.3. The second kappa shape index (κ2) is 9.66. The van der Waals surface area contributed by atoms with Crippen molar-refractivity contribution in [3.63, 3.8) is 0 Å². The lowest BCUT2D eigenvalue weighted by atomic mass is 9.96. The second-order valence-corrected chi connectivity index (χ2v) is 8.13. The molecular formula is C26H30N2O2. The van der Waals surface area contributed by atoms with Gasteiger partial charge in [-0.05, 0) is 46.9 Å². The van der Waals surface area contributed by atoms with Crippen LogP contribution in [-0.2, 0) is 13.1 Å². The first kappa shape index (κ1) is 20.3. The zero-order valence-corrected chi connectivity index (χ0v) is 17.6. The van der Waals surface area contributed by atoms with Gasteiger partial charge in [0.2, 0.25) is 0 Å². The largest absolute Gasteiger partial charge is 0.497 e. The van der Waals surface area contributed by atoms with Gasteiger partial charge in [-0.15, -0.1) is 0 Å². The van der Waals surface area contributed by atoms with Crippen LogP contribution >= 0.6 is 0 Å². The molecule has 0 heterocycles. The minimum atomic E-state index is 0.0191.